The van der Waals surface area contributed by atoms with Crippen molar-refractivity contribution < 1.29 is 24.2 Å². The molecule has 4 rings (SSSR count). The average Bonchev–Trinajstić information content (AvgIpc) is 2.90. The molecule has 0 bridgehead atoms. The van der Waals surface area contributed by atoms with Crippen LogP contribution in [0.2, 0.25) is 5.02 Å². The van der Waals surface area contributed by atoms with Crippen molar-refractivity contribution >= 4 is 29.4 Å². The van der Waals surface area contributed by atoms with Gasteiger partial charge in [-0.3, -0.25) is 9.59 Å². The number of nitrogens with zero attached hydrogens (tertiary/aromatic N) is 1. The third-order valence-corrected chi connectivity index (χ3v) is 8.28. The van der Waals surface area contributed by atoms with Crippen LogP contribution < -0.4 is 5.32 Å². The van der Waals surface area contributed by atoms with Gasteiger partial charge in [-0.05, 0) is 55.2 Å². The number of nitrogens with one attached hydrogen (secondary N) is 1. The van der Waals surface area contributed by atoms with E-state index in [9.17, 15) is 19.5 Å². The van der Waals surface area contributed by atoms with Crippen molar-refractivity contribution in [3.05, 3.63) is 70.2 Å². The van der Waals surface area contributed by atoms with Gasteiger partial charge in [0.05, 0.1) is 24.2 Å². The van der Waals surface area contributed by atoms with Crippen molar-refractivity contribution in [3.8, 4) is 0 Å². The molecule has 1 aliphatic heterocycles. The van der Waals surface area contributed by atoms with Gasteiger partial charge in [-0.2, -0.15) is 0 Å². The topological polar surface area (TPSA) is 95.9 Å². The number of benzene rings is 2. The molecule has 0 aromatic heterocycles. The fourth-order valence-electron chi connectivity index (χ4n) is 5.76. The molecule has 3 atom stereocenters. The maximum Gasteiger partial charge on any atom is 0.337 e. The Morgan fingerprint density at radius 1 is 1.05 bits per heavy atom. The molecule has 2 aliphatic rings. The van der Waals surface area contributed by atoms with Gasteiger partial charge in [0.2, 0.25) is 5.91 Å². The monoisotopic (exact) mass is 526 g/mol. The molecule has 1 saturated heterocycles. The van der Waals surface area contributed by atoms with Crippen molar-refractivity contribution in [1.82, 2.24) is 10.2 Å². The third-order valence-electron chi connectivity index (χ3n) is 8.03. The fourth-order valence-corrected chi connectivity index (χ4v) is 5.89. The molecule has 0 spiro atoms. The summed E-state index contributed by atoms with van der Waals surface area (Å²) in [6.07, 6.45) is 3.68. The first kappa shape index (κ1) is 27.1. The van der Waals surface area contributed by atoms with Crippen LogP contribution >= 0.6 is 11.6 Å². The number of aliphatic hydroxyl groups is 1. The van der Waals surface area contributed by atoms with Gasteiger partial charge in [0.25, 0.3) is 5.91 Å². The summed E-state index contributed by atoms with van der Waals surface area (Å²) < 4.78 is 4.76. The molecule has 2 fully saturated rings. The molecule has 2 N–H and O–H groups in total. The Morgan fingerprint density at radius 2 is 1.73 bits per heavy atom. The molecule has 7 nitrogen and oxygen atoms in total. The van der Waals surface area contributed by atoms with E-state index < -0.39 is 17.0 Å². The Hall–Kier alpha value is -2.90. The summed E-state index contributed by atoms with van der Waals surface area (Å²) in [5.41, 5.74) is -0.219. The molecule has 1 heterocycles. The highest BCUT2D eigenvalue weighted by molar-refractivity contribution is 6.30. The Bertz CT molecular complexity index is 1170. The third kappa shape index (κ3) is 5.53. The summed E-state index contributed by atoms with van der Waals surface area (Å²) in [6, 6.07) is 13.3. The van der Waals surface area contributed by atoms with Crippen molar-refractivity contribution in [2.75, 3.05) is 20.2 Å². The van der Waals surface area contributed by atoms with E-state index in [1.807, 2.05) is 30.9 Å². The molecule has 37 heavy (non-hydrogen) atoms. The highest BCUT2D eigenvalue weighted by atomic mass is 35.5. The van der Waals surface area contributed by atoms with E-state index in [0.717, 1.165) is 18.4 Å². The SMILES string of the molecule is COC(=O)c1cccc(C(=O)NC2CCCCC2C(=O)N2CCC(O)(c3ccc(Cl)cc3)C(C)(C)C2)c1. The quantitative estimate of drug-likeness (QED) is 0.557. The van der Waals surface area contributed by atoms with Crippen LogP contribution in [0.15, 0.2) is 48.5 Å². The molecule has 8 heteroatoms. The van der Waals surface area contributed by atoms with Crippen LogP contribution in [0, 0.1) is 11.3 Å². The van der Waals surface area contributed by atoms with Crippen molar-refractivity contribution in [2.24, 2.45) is 11.3 Å². The average molecular weight is 527 g/mol. The Labute approximate surface area is 223 Å². The van der Waals surface area contributed by atoms with E-state index in [2.05, 4.69) is 5.32 Å². The van der Waals surface area contributed by atoms with Crippen LogP contribution in [-0.2, 0) is 15.1 Å². The summed E-state index contributed by atoms with van der Waals surface area (Å²) in [5.74, 6) is -1.14. The summed E-state index contributed by atoms with van der Waals surface area (Å²) >= 11 is 6.05. The highest BCUT2D eigenvalue weighted by Crippen LogP contribution is 2.46. The number of piperidine rings is 1. The van der Waals surface area contributed by atoms with Crippen LogP contribution in [-0.4, -0.2) is 54.0 Å². The molecule has 1 aliphatic carbocycles. The number of likely N-dealkylation sites (tertiary alicyclic amines) is 1. The first-order valence-corrected chi connectivity index (χ1v) is 13.2. The standard InChI is InChI=1S/C29H35ClN2O5/c1-28(2)18-32(16-15-29(28,36)21-11-13-22(30)14-12-21)26(34)23-9-4-5-10-24(23)31-25(33)19-7-6-8-20(17-19)27(35)37-3/h6-8,11-14,17,23-24,36H,4-5,9-10,15-16,18H2,1-3H3,(H,31,33). The van der Waals surface area contributed by atoms with Gasteiger partial charge in [0.15, 0.2) is 0 Å². The Kier molecular flexibility index (Phi) is 7.95. The van der Waals surface area contributed by atoms with Gasteiger partial charge in [0.1, 0.15) is 0 Å². The summed E-state index contributed by atoms with van der Waals surface area (Å²) in [4.78, 5) is 40.5. The fraction of sp³-hybridized carbons (Fsp3) is 0.483. The molecule has 3 unspecified atom stereocenters. The highest BCUT2D eigenvalue weighted by Gasteiger charge is 2.50. The molecule has 2 amide bonds. The van der Waals surface area contributed by atoms with Gasteiger partial charge in [-0.15, -0.1) is 0 Å². The number of carbonyl (C=O) groups is 3. The lowest BCUT2D eigenvalue weighted by atomic mass is 9.66. The first-order chi connectivity index (χ1) is 17.6. The molecule has 0 radical (unpaired) electrons. The van der Waals surface area contributed by atoms with Crippen LogP contribution in [0.4, 0.5) is 0 Å². The zero-order valence-electron chi connectivity index (χ0n) is 21.6. The zero-order chi connectivity index (χ0) is 26.8. The van der Waals surface area contributed by atoms with E-state index in [-0.39, 0.29) is 23.8 Å². The summed E-state index contributed by atoms with van der Waals surface area (Å²) in [7, 11) is 1.30. The molecule has 2 aromatic rings. The Morgan fingerprint density at radius 3 is 2.41 bits per heavy atom. The number of ether oxygens (including phenoxy) is 1. The minimum absolute atomic E-state index is 0.0135. The van der Waals surface area contributed by atoms with E-state index in [4.69, 9.17) is 16.3 Å². The zero-order valence-corrected chi connectivity index (χ0v) is 22.4. The van der Waals surface area contributed by atoms with Gasteiger partial charge < -0.3 is 20.1 Å². The Balaban J connectivity index is 1.47. The smallest absolute Gasteiger partial charge is 0.337 e. The maximum absolute atomic E-state index is 13.8. The molecular weight excluding hydrogens is 492 g/mol. The van der Waals surface area contributed by atoms with Crippen molar-refractivity contribution in [2.45, 2.75) is 57.6 Å². The van der Waals surface area contributed by atoms with E-state index in [0.29, 0.717) is 48.5 Å². The largest absolute Gasteiger partial charge is 0.465 e. The van der Waals surface area contributed by atoms with Crippen LogP contribution in [0.25, 0.3) is 0 Å². The number of rotatable bonds is 5. The lowest BCUT2D eigenvalue weighted by molar-refractivity contribution is -0.158. The normalized spacial score (nSPS) is 25.3. The molecular formula is C29H35ClN2O5. The lowest BCUT2D eigenvalue weighted by Crippen LogP contribution is -2.59. The number of carbonyl (C=O) groups excluding carboxylic acids is 3. The lowest BCUT2D eigenvalue weighted by Gasteiger charge is -2.51. The van der Waals surface area contributed by atoms with Gasteiger partial charge in [-0.1, -0.05) is 56.5 Å². The predicted octanol–water partition coefficient (Wildman–Crippen LogP) is 4.56. The minimum Gasteiger partial charge on any atom is -0.465 e. The van der Waals surface area contributed by atoms with E-state index >= 15 is 0 Å². The minimum atomic E-state index is -1.08. The second kappa shape index (κ2) is 10.8. The second-order valence-electron chi connectivity index (χ2n) is 10.8. The van der Waals surface area contributed by atoms with Crippen molar-refractivity contribution in [3.63, 3.8) is 0 Å². The van der Waals surface area contributed by atoms with Gasteiger partial charge >= 0.3 is 5.97 Å². The van der Waals surface area contributed by atoms with Gasteiger partial charge in [-0.25, -0.2) is 4.79 Å². The van der Waals surface area contributed by atoms with Crippen LogP contribution in [0.1, 0.15) is 72.2 Å². The summed E-state index contributed by atoms with van der Waals surface area (Å²) in [6.45, 7) is 4.80. The maximum atomic E-state index is 13.8. The van der Waals surface area contributed by atoms with Crippen LogP contribution in [0.3, 0.4) is 0 Å². The number of methoxy groups -OCH3 is 1. The first-order valence-electron chi connectivity index (χ1n) is 12.8. The van der Waals surface area contributed by atoms with E-state index in [1.165, 1.54) is 13.2 Å². The van der Waals surface area contributed by atoms with Gasteiger partial charge in [0, 0.05) is 35.1 Å². The number of halogens is 1. The number of amides is 2. The molecule has 2 aromatic carbocycles. The number of hydrogen-bond donors (Lipinski definition) is 2. The van der Waals surface area contributed by atoms with Crippen molar-refractivity contribution in [1.29, 1.82) is 0 Å². The number of hydrogen-bond acceptors (Lipinski definition) is 5. The molecule has 1 saturated carbocycles. The summed E-state index contributed by atoms with van der Waals surface area (Å²) in [5, 5.41) is 15.3. The predicted molar refractivity (Wildman–Crippen MR) is 141 cm³/mol. The second-order valence-corrected chi connectivity index (χ2v) is 11.2. The van der Waals surface area contributed by atoms with E-state index in [1.54, 1.807) is 30.3 Å². The van der Waals surface area contributed by atoms with Crippen LogP contribution in [0.5, 0.6) is 0 Å². The molecule has 198 valence electrons. The number of esters is 1.